The first-order valence-corrected chi connectivity index (χ1v) is 9.76. The first-order chi connectivity index (χ1) is 12.9. The summed E-state index contributed by atoms with van der Waals surface area (Å²) in [6.07, 6.45) is 4.13. The fourth-order valence-corrected chi connectivity index (χ4v) is 6.22. The van der Waals surface area contributed by atoms with Gasteiger partial charge < -0.3 is 9.64 Å². The van der Waals surface area contributed by atoms with Crippen LogP contribution in [-0.2, 0) is 4.74 Å². The van der Waals surface area contributed by atoms with Gasteiger partial charge in [0.15, 0.2) is 0 Å². The molecule has 0 saturated heterocycles. The van der Waals surface area contributed by atoms with Gasteiger partial charge in [-0.2, -0.15) is 0 Å². The predicted molar refractivity (Wildman–Crippen MR) is 97.2 cm³/mol. The molecular formula is C21H24N2O4. The zero-order valence-corrected chi connectivity index (χ0v) is 15.7. The Balaban J connectivity index is 1.44. The van der Waals surface area contributed by atoms with Crippen LogP contribution in [0, 0.1) is 17.8 Å². The molecule has 27 heavy (non-hydrogen) atoms. The van der Waals surface area contributed by atoms with Gasteiger partial charge >= 0.3 is 6.09 Å². The summed E-state index contributed by atoms with van der Waals surface area (Å²) in [5.41, 5.74) is 0.614. The number of nitrogens with zero attached hydrogens (tertiary/aromatic N) is 2. The second kappa shape index (κ2) is 5.57. The summed E-state index contributed by atoms with van der Waals surface area (Å²) >= 11 is 0. The molecule has 142 valence electrons. The van der Waals surface area contributed by atoms with Crippen LogP contribution >= 0.6 is 0 Å². The molecule has 0 N–H and O–H groups in total. The molecule has 0 spiro atoms. The van der Waals surface area contributed by atoms with Crippen molar-refractivity contribution in [1.82, 2.24) is 9.80 Å². The van der Waals surface area contributed by atoms with Crippen LogP contribution in [0.3, 0.4) is 0 Å². The van der Waals surface area contributed by atoms with Crippen molar-refractivity contribution in [3.63, 3.8) is 0 Å². The molecule has 1 aromatic rings. The molecule has 1 aromatic carbocycles. The van der Waals surface area contributed by atoms with Gasteiger partial charge in [0.2, 0.25) is 0 Å². The normalized spacial score (nSPS) is 36.1. The van der Waals surface area contributed by atoms with Crippen molar-refractivity contribution < 1.29 is 19.1 Å². The zero-order chi connectivity index (χ0) is 18.9. The van der Waals surface area contributed by atoms with Crippen molar-refractivity contribution in [3.05, 3.63) is 35.4 Å². The number of hydrogen-bond donors (Lipinski definition) is 0. The van der Waals surface area contributed by atoms with Gasteiger partial charge in [-0.15, -0.1) is 0 Å². The molecule has 2 atom stereocenters. The van der Waals surface area contributed by atoms with E-state index in [2.05, 4.69) is 0 Å². The third-order valence-corrected chi connectivity index (χ3v) is 6.96. The van der Waals surface area contributed by atoms with E-state index in [0.29, 0.717) is 17.0 Å². The Bertz CT molecular complexity index is 797. The molecule has 2 unspecified atom stereocenters. The summed E-state index contributed by atoms with van der Waals surface area (Å²) in [7, 11) is 3.40. The molecule has 6 rings (SSSR count). The summed E-state index contributed by atoms with van der Waals surface area (Å²) in [6, 6.07) is 7.03. The molecule has 6 nitrogen and oxygen atoms in total. The highest BCUT2D eigenvalue weighted by molar-refractivity contribution is 6.21. The molecule has 5 aliphatic rings. The Morgan fingerprint density at radius 2 is 1.59 bits per heavy atom. The first-order valence-electron chi connectivity index (χ1n) is 9.76. The third-order valence-electron chi connectivity index (χ3n) is 6.96. The van der Waals surface area contributed by atoms with Gasteiger partial charge in [0.25, 0.3) is 11.8 Å². The smallest absolute Gasteiger partial charge is 0.409 e. The Hall–Kier alpha value is -2.37. The summed E-state index contributed by atoms with van der Waals surface area (Å²) < 4.78 is 5.94. The fourth-order valence-electron chi connectivity index (χ4n) is 6.22. The standard InChI is InChI=1S/C21H24N2O4/c1-22(2)20(26)27-21-9-12-7-13(10-21)17(14(8-12)11-21)23-18(24)15-5-3-4-6-16(15)19(23)25/h3-6,12-14,17H,7-11H2,1-2H3/t12?,13?,14?,17-,21-. The minimum absolute atomic E-state index is 0.0693. The van der Waals surface area contributed by atoms with E-state index in [-0.39, 0.29) is 35.8 Å². The van der Waals surface area contributed by atoms with Gasteiger partial charge in [0.1, 0.15) is 5.60 Å². The van der Waals surface area contributed by atoms with Crippen LogP contribution in [0.4, 0.5) is 4.79 Å². The maximum absolute atomic E-state index is 13.0. The maximum atomic E-state index is 13.0. The molecule has 1 aliphatic heterocycles. The molecule has 6 heteroatoms. The molecule has 0 aromatic heterocycles. The minimum atomic E-state index is -0.424. The Labute approximate surface area is 158 Å². The molecule has 4 fully saturated rings. The van der Waals surface area contributed by atoms with Gasteiger partial charge in [-0.25, -0.2) is 4.79 Å². The maximum Gasteiger partial charge on any atom is 0.409 e. The van der Waals surface area contributed by atoms with E-state index in [1.165, 1.54) is 9.80 Å². The summed E-state index contributed by atoms with van der Waals surface area (Å²) in [5, 5.41) is 0. The van der Waals surface area contributed by atoms with Crippen molar-refractivity contribution in [1.29, 1.82) is 0 Å². The molecule has 4 bridgehead atoms. The number of amides is 3. The van der Waals surface area contributed by atoms with Crippen molar-refractivity contribution in [2.75, 3.05) is 14.1 Å². The van der Waals surface area contributed by atoms with Crippen LogP contribution < -0.4 is 0 Å². The Morgan fingerprint density at radius 1 is 1.04 bits per heavy atom. The van der Waals surface area contributed by atoms with Crippen molar-refractivity contribution in [2.45, 2.75) is 43.7 Å². The molecule has 1 heterocycles. The third kappa shape index (κ3) is 2.35. The van der Waals surface area contributed by atoms with Crippen LogP contribution in [0.1, 0.15) is 52.8 Å². The number of imide groups is 1. The second-order valence-electron chi connectivity index (χ2n) is 8.93. The monoisotopic (exact) mass is 368 g/mol. The van der Waals surface area contributed by atoms with E-state index >= 15 is 0 Å². The SMILES string of the molecule is CN(C)C(=O)O[C@]12CC3CC(C1)[C@@H](N1C(=O)c4ccccc4C1=O)C(C3)C2. The van der Waals surface area contributed by atoms with Gasteiger partial charge in [0, 0.05) is 20.1 Å². The molecule has 4 aliphatic carbocycles. The number of hydrogen-bond acceptors (Lipinski definition) is 4. The van der Waals surface area contributed by atoms with E-state index in [9.17, 15) is 14.4 Å². The van der Waals surface area contributed by atoms with Gasteiger partial charge in [-0.1, -0.05) is 12.1 Å². The lowest BCUT2D eigenvalue weighted by molar-refractivity contribution is -0.154. The van der Waals surface area contributed by atoms with E-state index in [4.69, 9.17) is 4.74 Å². The number of rotatable bonds is 2. The number of ether oxygens (including phenoxy) is 1. The number of carbonyl (C=O) groups is 3. The van der Waals surface area contributed by atoms with E-state index in [1.54, 1.807) is 38.4 Å². The van der Waals surface area contributed by atoms with Crippen LogP contribution in [0.15, 0.2) is 24.3 Å². The largest absolute Gasteiger partial charge is 0.443 e. The topological polar surface area (TPSA) is 66.9 Å². The average molecular weight is 368 g/mol. The summed E-state index contributed by atoms with van der Waals surface area (Å²) in [5.74, 6) is 0.630. The lowest BCUT2D eigenvalue weighted by atomic mass is 9.52. The van der Waals surface area contributed by atoms with Crippen molar-refractivity contribution in [2.24, 2.45) is 17.8 Å². The molecule has 3 amide bonds. The number of carbonyl (C=O) groups excluding carboxylic acids is 3. The van der Waals surface area contributed by atoms with Crippen LogP contribution in [0.25, 0.3) is 0 Å². The summed E-state index contributed by atoms with van der Waals surface area (Å²) in [6.45, 7) is 0. The minimum Gasteiger partial charge on any atom is -0.443 e. The van der Waals surface area contributed by atoms with Crippen LogP contribution in [0.5, 0.6) is 0 Å². The second-order valence-corrected chi connectivity index (χ2v) is 8.93. The van der Waals surface area contributed by atoms with Gasteiger partial charge in [-0.3, -0.25) is 14.5 Å². The van der Waals surface area contributed by atoms with E-state index in [1.807, 2.05) is 0 Å². The van der Waals surface area contributed by atoms with Crippen LogP contribution in [-0.4, -0.2) is 53.4 Å². The van der Waals surface area contributed by atoms with Crippen molar-refractivity contribution >= 4 is 17.9 Å². The van der Waals surface area contributed by atoms with E-state index in [0.717, 1.165) is 32.1 Å². The number of fused-ring (bicyclic) bond motifs is 1. The first kappa shape index (κ1) is 16.8. The zero-order valence-electron chi connectivity index (χ0n) is 15.7. The highest BCUT2D eigenvalue weighted by Crippen LogP contribution is 2.59. The molecule has 4 saturated carbocycles. The highest BCUT2D eigenvalue weighted by atomic mass is 16.6. The molecular weight excluding hydrogens is 344 g/mol. The predicted octanol–water partition coefficient (Wildman–Crippen LogP) is 2.93. The Kier molecular flexibility index (Phi) is 3.46. The Morgan fingerprint density at radius 3 is 2.11 bits per heavy atom. The van der Waals surface area contributed by atoms with E-state index < -0.39 is 5.60 Å². The van der Waals surface area contributed by atoms with Gasteiger partial charge in [-0.05, 0) is 62.0 Å². The molecule has 0 radical (unpaired) electrons. The quantitative estimate of drug-likeness (QED) is 0.753. The summed E-state index contributed by atoms with van der Waals surface area (Å²) in [4.78, 5) is 41.2. The highest BCUT2D eigenvalue weighted by Gasteiger charge is 2.61. The van der Waals surface area contributed by atoms with Gasteiger partial charge in [0.05, 0.1) is 11.1 Å². The average Bonchev–Trinajstić information content (AvgIpc) is 2.86. The van der Waals surface area contributed by atoms with Crippen LogP contribution in [0.2, 0.25) is 0 Å². The lowest BCUT2D eigenvalue weighted by Gasteiger charge is -2.60. The fraction of sp³-hybridized carbons (Fsp3) is 0.571. The van der Waals surface area contributed by atoms with Crippen molar-refractivity contribution in [3.8, 4) is 0 Å². The number of benzene rings is 1. The lowest BCUT2D eigenvalue weighted by Crippen LogP contribution is -2.63.